The first-order valence-electron chi connectivity index (χ1n) is 7.25. The van der Waals surface area contributed by atoms with Crippen molar-refractivity contribution in [1.29, 1.82) is 0 Å². The molecular weight excluding hydrogens is 224 g/mol. The van der Waals surface area contributed by atoms with Gasteiger partial charge in [0.2, 0.25) is 0 Å². The van der Waals surface area contributed by atoms with Gasteiger partial charge in [-0.25, -0.2) is 0 Å². The molecule has 3 aliphatic rings. The van der Waals surface area contributed by atoms with E-state index in [1.807, 2.05) is 6.20 Å². The van der Waals surface area contributed by atoms with Crippen molar-refractivity contribution in [1.82, 2.24) is 10.3 Å². The molecular formula is C15H20N2O. The van der Waals surface area contributed by atoms with Crippen LogP contribution in [0.5, 0.6) is 0 Å². The Balaban J connectivity index is 1.53. The Kier molecular flexibility index (Phi) is 2.63. The molecule has 3 heterocycles. The summed E-state index contributed by atoms with van der Waals surface area (Å²) in [6.07, 6.45) is 10.3. The molecule has 0 spiro atoms. The second kappa shape index (κ2) is 4.32. The van der Waals surface area contributed by atoms with E-state index in [2.05, 4.69) is 22.4 Å². The van der Waals surface area contributed by atoms with E-state index >= 15 is 0 Å². The summed E-state index contributed by atoms with van der Waals surface area (Å²) in [5.41, 5.74) is 2.72. The minimum absolute atomic E-state index is 0.447. The van der Waals surface area contributed by atoms with E-state index in [9.17, 15) is 0 Å². The number of aryl methyl sites for hydroxylation is 1. The van der Waals surface area contributed by atoms with E-state index in [-0.39, 0.29) is 0 Å². The summed E-state index contributed by atoms with van der Waals surface area (Å²) in [7, 11) is 0. The Bertz CT molecular complexity index is 448. The van der Waals surface area contributed by atoms with Gasteiger partial charge in [-0.1, -0.05) is 6.07 Å². The number of rotatable bonds is 2. The van der Waals surface area contributed by atoms with Crippen LogP contribution in [0, 0.1) is 0 Å². The van der Waals surface area contributed by atoms with Crippen LogP contribution in [0.4, 0.5) is 0 Å². The molecule has 0 aromatic carbocycles. The minimum atomic E-state index is 0.447. The van der Waals surface area contributed by atoms with Gasteiger partial charge in [0, 0.05) is 12.2 Å². The van der Waals surface area contributed by atoms with Crippen molar-refractivity contribution in [2.75, 3.05) is 0 Å². The average molecular weight is 244 g/mol. The molecule has 0 amide bonds. The Hall–Kier alpha value is -0.930. The van der Waals surface area contributed by atoms with Crippen LogP contribution in [-0.2, 0) is 11.2 Å². The van der Waals surface area contributed by atoms with Gasteiger partial charge in [-0.2, -0.15) is 0 Å². The van der Waals surface area contributed by atoms with Crippen LogP contribution in [0.25, 0.3) is 0 Å². The molecule has 0 radical (unpaired) electrons. The first-order valence-corrected chi connectivity index (χ1v) is 7.25. The number of hydrogen-bond donors (Lipinski definition) is 1. The molecule has 2 aliphatic heterocycles. The largest absolute Gasteiger partial charge is 0.373 e. The molecule has 1 N–H and O–H groups in total. The molecule has 2 fully saturated rings. The molecule has 4 unspecified atom stereocenters. The highest BCUT2D eigenvalue weighted by molar-refractivity contribution is 5.25. The van der Waals surface area contributed by atoms with Crippen LogP contribution in [0.1, 0.15) is 49.4 Å². The maximum absolute atomic E-state index is 5.93. The molecule has 0 saturated carbocycles. The third-order valence-corrected chi connectivity index (χ3v) is 4.72. The van der Waals surface area contributed by atoms with Crippen molar-refractivity contribution in [2.45, 2.75) is 62.8 Å². The first-order chi connectivity index (χ1) is 8.90. The van der Waals surface area contributed by atoms with E-state index in [0.717, 1.165) is 0 Å². The fourth-order valence-electron chi connectivity index (χ4n) is 3.84. The lowest BCUT2D eigenvalue weighted by atomic mass is 9.89. The number of ether oxygens (including phenoxy) is 1. The van der Waals surface area contributed by atoms with Crippen LogP contribution >= 0.6 is 0 Å². The van der Waals surface area contributed by atoms with Gasteiger partial charge in [0.15, 0.2) is 0 Å². The molecule has 18 heavy (non-hydrogen) atoms. The van der Waals surface area contributed by atoms with E-state index in [1.54, 1.807) is 0 Å². The van der Waals surface area contributed by atoms with E-state index in [4.69, 9.17) is 4.74 Å². The zero-order valence-corrected chi connectivity index (χ0v) is 10.6. The van der Waals surface area contributed by atoms with Gasteiger partial charge in [-0.3, -0.25) is 4.98 Å². The molecule has 3 heteroatoms. The highest BCUT2D eigenvalue weighted by Gasteiger charge is 2.41. The lowest BCUT2D eigenvalue weighted by molar-refractivity contribution is 0.0955. The fourth-order valence-corrected chi connectivity index (χ4v) is 3.84. The highest BCUT2D eigenvalue weighted by Crippen LogP contribution is 2.37. The minimum Gasteiger partial charge on any atom is -0.373 e. The first kappa shape index (κ1) is 10.9. The molecule has 2 bridgehead atoms. The van der Waals surface area contributed by atoms with Gasteiger partial charge < -0.3 is 10.1 Å². The summed E-state index contributed by atoms with van der Waals surface area (Å²) in [6.45, 7) is 0. The van der Waals surface area contributed by atoms with Gasteiger partial charge in [0.05, 0.1) is 23.9 Å². The highest BCUT2D eigenvalue weighted by atomic mass is 16.5. The van der Waals surface area contributed by atoms with Gasteiger partial charge in [-0.05, 0) is 50.2 Å². The molecule has 3 nitrogen and oxygen atoms in total. The number of hydrogen-bond acceptors (Lipinski definition) is 3. The maximum atomic E-state index is 5.93. The molecule has 2 saturated heterocycles. The Morgan fingerprint density at radius 3 is 3.11 bits per heavy atom. The average Bonchev–Trinajstić information content (AvgIpc) is 3.01. The molecule has 4 atom stereocenters. The van der Waals surface area contributed by atoms with Crippen LogP contribution < -0.4 is 5.32 Å². The smallest absolute Gasteiger partial charge is 0.0733 e. The summed E-state index contributed by atoms with van der Waals surface area (Å²) >= 11 is 0. The Morgan fingerprint density at radius 1 is 1.28 bits per heavy atom. The van der Waals surface area contributed by atoms with Crippen molar-refractivity contribution in [3.63, 3.8) is 0 Å². The SMILES string of the molecule is c1cnc2c(c1)CCCC2NC1CC2CCC1O2. The van der Waals surface area contributed by atoms with E-state index < -0.39 is 0 Å². The predicted molar refractivity (Wildman–Crippen MR) is 69.4 cm³/mol. The zero-order valence-electron chi connectivity index (χ0n) is 10.6. The maximum Gasteiger partial charge on any atom is 0.0733 e. The van der Waals surface area contributed by atoms with Crippen LogP contribution in [0.2, 0.25) is 0 Å². The Labute approximate surface area is 108 Å². The van der Waals surface area contributed by atoms with Crippen molar-refractivity contribution in [3.8, 4) is 0 Å². The summed E-state index contributed by atoms with van der Waals surface area (Å²) < 4.78 is 5.93. The standard InChI is InChI=1S/C15H20N2O/c1-3-10-4-2-8-16-15(10)12(5-1)17-13-9-11-6-7-14(13)18-11/h2,4,8,11-14,17H,1,3,5-7,9H2. The van der Waals surface area contributed by atoms with Crippen molar-refractivity contribution in [2.24, 2.45) is 0 Å². The number of nitrogens with zero attached hydrogens (tertiary/aromatic N) is 1. The molecule has 1 aliphatic carbocycles. The molecule has 1 aromatic heterocycles. The van der Waals surface area contributed by atoms with Gasteiger partial charge in [0.1, 0.15) is 0 Å². The fraction of sp³-hybridized carbons (Fsp3) is 0.667. The second-order valence-corrected chi connectivity index (χ2v) is 5.88. The second-order valence-electron chi connectivity index (χ2n) is 5.88. The van der Waals surface area contributed by atoms with Crippen molar-refractivity contribution >= 4 is 0 Å². The van der Waals surface area contributed by atoms with Gasteiger partial charge >= 0.3 is 0 Å². The lowest BCUT2D eigenvalue weighted by Crippen LogP contribution is -2.41. The molecule has 1 aromatic rings. The van der Waals surface area contributed by atoms with Gasteiger partial charge in [-0.15, -0.1) is 0 Å². The number of pyridine rings is 1. The topological polar surface area (TPSA) is 34.2 Å². The lowest BCUT2D eigenvalue weighted by Gasteiger charge is -2.30. The molecule has 4 rings (SSSR count). The summed E-state index contributed by atoms with van der Waals surface area (Å²) in [4.78, 5) is 4.60. The number of fused-ring (bicyclic) bond motifs is 3. The summed E-state index contributed by atoms with van der Waals surface area (Å²) in [5.74, 6) is 0. The van der Waals surface area contributed by atoms with Gasteiger partial charge in [0.25, 0.3) is 0 Å². The quantitative estimate of drug-likeness (QED) is 0.867. The zero-order chi connectivity index (χ0) is 11.9. The van der Waals surface area contributed by atoms with Crippen molar-refractivity contribution < 1.29 is 4.74 Å². The van der Waals surface area contributed by atoms with E-state index in [0.29, 0.717) is 24.3 Å². The summed E-state index contributed by atoms with van der Waals surface area (Å²) in [5, 5.41) is 3.82. The normalized spacial score (nSPS) is 37.8. The third-order valence-electron chi connectivity index (χ3n) is 4.72. The number of nitrogens with one attached hydrogen (secondary N) is 1. The van der Waals surface area contributed by atoms with E-state index in [1.165, 1.54) is 49.8 Å². The predicted octanol–water partition coefficient (Wildman–Crippen LogP) is 2.37. The van der Waals surface area contributed by atoms with Crippen LogP contribution in [0.3, 0.4) is 0 Å². The Morgan fingerprint density at radius 2 is 2.28 bits per heavy atom. The van der Waals surface area contributed by atoms with Crippen LogP contribution in [-0.4, -0.2) is 23.2 Å². The summed E-state index contributed by atoms with van der Waals surface area (Å²) in [6, 6.07) is 5.29. The number of aromatic nitrogens is 1. The monoisotopic (exact) mass is 244 g/mol. The molecule has 96 valence electrons. The third kappa shape index (κ3) is 1.77. The van der Waals surface area contributed by atoms with Crippen LogP contribution in [0.15, 0.2) is 18.3 Å². The van der Waals surface area contributed by atoms with Crippen molar-refractivity contribution in [3.05, 3.63) is 29.6 Å².